The van der Waals surface area contributed by atoms with Crippen molar-refractivity contribution in [1.82, 2.24) is 5.32 Å². The van der Waals surface area contributed by atoms with Crippen LogP contribution in [0.4, 0.5) is 0 Å². The summed E-state index contributed by atoms with van der Waals surface area (Å²) in [5, 5.41) is 3.13. The van der Waals surface area contributed by atoms with Gasteiger partial charge in [-0.25, -0.2) is 0 Å². The number of rotatable bonds is 2. The van der Waals surface area contributed by atoms with Crippen LogP contribution in [0.5, 0.6) is 0 Å². The van der Waals surface area contributed by atoms with Crippen molar-refractivity contribution in [1.29, 1.82) is 0 Å². The third-order valence-electron chi connectivity index (χ3n) is 2.44. The van der Waals surface area contributed by atoms with E-state index in [0.29, 0.717) is 0 Å². The van der Waals surface area contributed by atoms with Gasteiger partial charge in [0.25, 0.3) is 0 Å². The van der Waals surface area contributed by atoms with Crippen LogP contribution >= 0.6 is 0 Å². The third-order valence-corrected chi connectivity index (χ3v) is 2.44. The molecule has 0 aliphatic carbocycles. The predicted molar refractivity (Wildman–Crippen MR) is 62.1 cm³/mol. The van der Waals surface area contributed by atoms with Crippen LogP contribution in [0.15, 0.2) is 23.2 Å². The zero-order chi connectivity index (χ0) is 10.6. The van der Waals surface area contributed by atoms with E-state index in [1.165, 1.54) is 16.7 Å². The molecule has 0 fully saturated rings. The summed E-state index contributed by atoms with van der Waals surface area (Å²) in [6.07, 6.45) is 1.04. The van der Waals surface area contributed by atoms with Gasteiger partial charge in [0.05, 0.1) is 0 Å². The summed E-state index contributed by atoms with van der Waals surface area (Å²) in [6, 6.07) is 6.38. The maximum Gasteiger partial charge on any atom is 0.128 e. The maximum absolute atomic E-state index is 4.25. The highest BCUT2D eigenvalue weighted by molar-refractivity contribution is 6.01. The monoisotopic (exact) mass is 190 g/mol. The van der Waals surface area contributed by atoms with Gasteiger partial charge < -0.3 is 5.32 Å². The quantitative estimate of drug-likeness (QED) is 0.561. The molecule has 0 saturated carbocycles. The summed E-state index contributed by atoms with van der Waals surface area (Å²) < 4.78 is 0. The fraction of sp³-hybridized carbons (Fsp3) is 0.417. The Hall–Kier alpha value is -1.31. The molecule has 0 atom stereocenters. The van der Waals surface area contributed by atoms with Crippen molar-refractivity contribution in [2.24, 2.45) is 4.99 Å². The molecule has 2 nitrogen and oxygen atoms in total. The molecule has 76 valence electrons. The molecule has 0 amide bonds. The number of benzene rings is 1. The number of aryl methyl sites for hydroxylation is 2. The van der Waals surface area contributed by atoms with Gasteiger partial charge in [0, 0.05) is 19.7 Å². The van der Waals surface area contributed by atoms with Crippen LogP contribution in [0.25, 0.3) is 0 Å². The van der Waals surface area contributed by atoms with E-state index in [-0.39, 0.29) is 0 Å². The van der Waals surface area contributed by atoms with E-state index in [1.807, 2.05) is 14.1 Å². The number of nitrogens with zero attached hydrogens (tertiary/aromatic N) is 1. The van der Waals surface area contributed by atoms with Crippen molar-refractivity contribution in [3.8, 4) is 0 Å². The molecule has 0 spiro atoms. The van der Waals surface area contributed by atoms with E-state index in [0.717, 1.165) is 12.3 Å². The van der Waals surface area contributed by atoms with E-state index in [1.54, 1.807) is 0 Å². The SMILES string of the molecule is CCc1cccc(C)c1C(=NC)NC. The van der Waals surface area contributed by atoms with Crippen molar-refractivity contribution in [2.45, 2.75) is 20.3 Å². The van der Waals surface area contributed by atoms with Crippen molar-refractivity contribution >= 4 is 5.84 Å². The van der Waals surface area contributed by atoms with Crippen LogP contribution in [0.1, 0.15) is 23.6 Å². The molecule has 0 aliphatic heterocycles. The normalized spacial score (nSPS) is 11.6. The second-order valence-electron chi connectivity index (χ2n) is 3.28. The van der Waals surface area contributed by atoms with Crippen LogP contribution < -0.4 is 5.32 Å². The van der Waals surface area contributed by atoms with E-state index in [9.17, 15) is 0 Å². The Morgan fingerprint density at radius 2 is 2.14 bits per heavy atom. The third kappa shape index (κ3) is 1.95. The topological polar surface area (TPSA) is 24.4 Å². The molecule has 0 unspecified atom stereocenters. The molecule has 0 heterocycles. The van der Waals surface area contributed by atoms with Crippen molar-refractivity contribution in [3.05, 3.63) is 34.9 Å². The highest BCUT2D eigenvalue weighted by Gasteiger charge is 2.08. The van der Waals surface area contributed by atoms with Crippen LogP contribution in [-0.2, 0) is 6.42 Å². The summed E-state index contributed by atoms with van der Waals surface area (Å²) >= 11 is 0. The smallest absolute Gasteiger partial charge is 0.128 e. The van der Waals surface area contributed by atoms with Gasteiger partial charge >= 0.3 is 0 Å². The molecule has 1 aromatic rings. The van der Waals surface area contributed by atoms with Gasteiger partial charge in [-0.1, -0.05) is 25.1 Å². The van der Waals surface area contributed by atoms with Gasteiger partial charge in [0.2, 0.25) is 0 Å². The zero-order valence-electron chi connectivity index (χ0n) is 9.39. The van der Waals surface area contributed by atoms with Gasteiger partial charge in [-0.05, 0) is 24.5 Å². The first-order valence-electron chi connectivity index (χ1n) is 4.98. The number of amidine groups is 1. The summed E-state index contributed by atoms with van der Waals surface area (Å²) in [4.78, 5) is 4.25. The lowest BCUT2D eigenvalue weighted by Crippen LogP contribution is -2.22. The Bertz CT molecular complexity index is 340. The Kier molecular flexibility index (Phi) is 3.69. The molecule has 2 heteroatoms. The number of hydrogen-bond acceptors (Lipinski definition) is 1. The second kappa shape index (κ2) is 4.80. The summed E-state index contributed by atoms with van der Waals surface area (Å²) in [5.74, 6) is 0.972. The largest absolute Gasteiger partial charge is 0.373 e. The summed E-state index contributed by atoms with van der Waals surface area (Å²) in [6.45, 7) is 4.29. The molecule has 0 aliphatic rings. The predicted octanol–water partition coefficient (Wildman–Crippen LogP) is 2.15. The Morgan fingerprint density at radius 1 is 1.43 bits per heavy atom. The standard InChI is InChI=1S/C12H18N2/c1-5-10-8-6-7-9(2)11(10)12(13-3)14-4/h6-8H,5H2,1-4H3,(H,13,14). The molecule has 1 rings (SSSR count). The highest BCUT2D eigenvalue weighted by atomic mass is 14.9. The van der Waals surface area contributed by atoms with Crippen LogP contribution in [0, 0.1) is 6.92 Å². The molecule has 0 saturated heterocycles. The average molecular weight is 190 g/mol. The summed E-state index contributed by atoms with van der Waals surface area (Å²) in [5.41, 5.74) is 3.87. The average Bonchev–Trinajstić information content (AvgIpc) is 2.22. The Labute approximate surface area is 86.1 Å². The van der Waals surface area contributed by atoms with Crippen molar-refractivity contribution in [2.75, 3.05) is 14.1 Å². The van der Waals surface area contributed by atoms with Gasteiger partial charge in [-0.15, -0.1) is 0 Å². The number of nitrogens with one attached hydrogen (secondary N) is 1. The molecule has 0 radical (unpaired) electrons. The fourth-order valence-electron chi connectivity index (χ4n) is 1.71. The minimum absolute atomic E-state index is 0.972. The molecule has 0 bridgehead atoms. The van der Waals surface area contributed by atoms with E-state index >= 15 is 0 Å². The lowest BCUT2D eigenvalue weighted by atomic mass is 9.99. The van der Waals surface area contributed by atoms with Gasteiger partial charge in [-0.2, -0.15) is 0 Å². The molecule has 0 aromatic heterocycles. The van der Waals surface area contributed by atoms with Crippen LogP contribution in [-0.4, -0.2) is 19.9 Å². The maximum atomic E-state index is 4.25. The van der Waals surface area contributed by atoms with E-state index in [4.69, 9.17) is 0 Å². The lowest BCUT2D eigenvalue weighted by Gasteiger charge is -2.12. The Morgan fingerprint density at radius 3 is 2.64 bits per heavy atom. The minimum Gasteiger partial charge on any atom is -0.373 e. The lowest BCUT2D eigenvalue weighted by molar-refractivity contribution is 1.08. The molecule has 1 aromatic carbocycles. The zero-order valence-corrected chi connectivity index (χ0v) is 9.39. The molecular weight excluding hydrogens is 172 g/mol. The van der Waals surface area contributed by atoms with Crippen molar-refractivity contribution in [3.63, 3.8) is 0 Å². The molecular formula is C12H18N2. The number of aliphatic imine (C=N–C) groups is 1. The van der Waals surface area contributed by atoms with Crippen molar-refractivity contribution < 1.29 is 0 Å². The first-order chi connectivity index (χ1) is 6.74. The van der Waals surface area contributed by atoms with E-state index in [2.05, 4.69) is 42.4 Å². The highest BCUT2D eigenvalue weighted by Crippen LogP contribution is 2.15. The van der Waals surface area contributed by atoms with E-state index < -0.39 is 0 Å². The van der Waals surface area contributed by atoms with Gasteiger partial charge in [0.1, 0.15) is 5.84 Å². The first-order valence-corrected chi connectivity index (χ1v) is 4.98. The van der Waals surface area contributed by atoms with Crippen LogP contribution in [0.2, 0.25) is 0 Å². The molecule has 14 heavy (non-hydrogen) atoms. The van der Waals surface area contributed by atoms with Gasteiger partial charge in [0.15, 0.2) is 0 Å². The fourth-order valence-corrected chi connectivity index (χ4v) is 1.71. The minimum atomic E-state index is 0.972. The summed E-state index contributed by atoms with van der Waals surface area (Å²) in [7, 11) is 3.73. The van der Waals surface area contributed by atoms with Crippen LogP contribution in [0.3, 0.4) is 0 Å². The first kappa shape index (κ1) is 10.8. The molecule has 1 N–H and O–H groups in total. The Balaban J connectivity index is 3.29. The second-order valence-corrected chi connectivity index (χ2v) is 3.28. The van der Waals surface area contributed by atoms with Gasteiger partial charge in [-0.3, -0.25) is 4.99 Å². The number of hydrogen-bond donors (Lipinski definition) is 1.